The number of aryl methyl sites for hydroxylation is 1. The van der Waals surface area contributed by atoms with Crippen molar-refractivity contribution >= 4 is 21.4 Å². The van der Waals surface area contributed by atoms with Crippen molar-refractivity contribution in [3.63, 3.8) is 0 Å². The van der Waals surface area contributed by atoms with Crippen molar-refractivity contribution in [3.05, 3.63) is 23.7 Å². The molecule has 1 N–H and O–H groups in total. The number of nitrogens with zero attached hydrogens (tertiary/aromatic N) is 3. The van der Waals surface area contributed by atoms with E-state index >= 15 is 0 Å². The molecule has 132 valence electrons. The van der Waals surface area contributed by atoms with E-state index in [1.54, 1.807) is 13.2 Å². The van der Waals surface area contributed by atoms with E-state index < -0.39 is 10.0 Å². The van der Waals surface area contributed by atoms with Gasteiger partial charge < -0.3 is 4.74 Å². The first kappa shape index (κ1) is 17.6. The number of nitrogens with one attached hydrogen (secondary N) is 1. The fraction of sp³-hybridized carbons (Fsp3) is 0.533. The first-order valence-corrected chi connectivity index (χ1v) is 10.3. The van der Waals surface area contributed by atoms with Gasteiger partial charge in [0.25, 0.3) is 0 Å². The maximum Gasteiger partial charge on any atom is 0.244 e. The Bertz CT molecular complexity index is 750. The summed E-state index contributed by atoms with van der Waals surface area (Å²) >= 11 is 1.48. The molecule has 0 amide bonds. The maximum absolute atomic E-state index is 12.6. The molecule has 0 spiro atoms. The molecular formula is C15H22N4O3S2. The molecule has 3 rings (SSSR count). The van der Waals surface area contributed by atoms with Gasteiger partial charge in [0, 0.05) is 32.9 Å². The third-order valence-corrected chi connectivity index (χ3v) is 6.22. The fourth-order valence-corrected chi connectivity index (χ4v) is 4.71. The first-order chi connectivity index (χ1) is 11.6. The second-order valence-corrected chi connectivity index (χ2v) is 8.38. The lowest BCUT2D eigenvalue weighted by Crippen LogP contribution is -2.38. The second-order valence-electron chi connectivity index (χ2n) is 5.70. The molecule has 24 heavy (non-hydrogen) atoms. The molecule has 1 aliphatic rings. The van der Waals surface area contributed by atoms with Crippen molar-refractivity contribution in [3.8, 4) is 10.6 Å². The average molecular weight is 371 g/mol. The molecule has 0 aromatic carbocycles. The highest BCUT2D eigenvalue weighted by Gasteiger charge is 2.23. The van der Waals surface area contributed by atoms with Crippen LogP contribution in [0.15, 0.2) is 28.6 Å². The normalized spacial score (nSPS) is 16.5. The van der Waals surface area contributed by atoms with Crippen molar-refractivity contribution in [2.45, 2.75) is 11.3 Å². The molecule has 0 radical (unpaired) electrons. The van der Waals surface area contributed by atoms with Crippen molar-refractivity contribution in [1.29, 1.82) is 0 Å². The molecule has 0 unspecified atom stereocenters. The quantitative estimate of drug-likeness (QED) is 0.740. The van der Waals surface area contributed by atoms with Crippen LogP contribution in [0.3, 0.4) is 0 Å². The van der Waals surface area contributed by atoms with Crippen molar-refractivity contribution < 1.29 is 13.2 Å². The Balaban J connectivity index is 1.61. The SMILES string of the molecule is Cn1cc(S(=O)(=O)NCCCN2CCOCC2)c(-c2cccs2)n1. The van der Waals surface area contributed by atoms with Gasteiger partial charge in [-0.25, -0.2) is 13.1 Å². The molecular weight excluding hydrogens is 348 g/mol. The van der Waals surface area contributed by atoms with Crippen molar-refractivity contribution in [1.82, 2.24) is 19.4 Å². The Hall–Kier alpha value is -1.26. The smallest absolute Gasteiger partial charge is 0.244 e. The molecule has 9 heteroatoms. The van der Waals surface area contributed by atoms with Gasteiger partial charge in [-0.3, -0.25) is 9.58 Å². The van der Waals surface area contributed by atoms with Crippen LogP contribution in [0.5, 0.6) is 0 Å². The topological polar surface area (TPSA) is 76.5 Å². The van der Waals surface area contributed by atoms with E-state index in [2.05, 4.69) is 14.7 Å². The van der Waals surface area contributed by atoms with E-state index in [1.165, 1.54) is 16.0 Å². The Morgan fingerprint density at radius 3 is 2.88 bits per heavy atom. The van der Waals surface area contributed by atoms with Gasteiger partial charge in [0.1, 0.15) is 10.6 Å². The highest BCUT2D eigenvalue weighted by molar-refractivity contribution is 7.89. The van der Waals surface area contributed by atoms with Gasteiger partial charge >= 0.3 is 0 Å². The fourth-order valence-electron chi connectivity index (χ4n) is 2.66. The average Bonchev–Trinajstić information content (AvgIpc) is 3.22. The van der Waals surface area contributed by atoms with Crippen LogP contribution >= 0.6 is 11.3 Å². The summed E-state index contributed by atoms with van der Waals surface area (Å²) in [5.74, 6) is 0. The lowest BCUT2D eigenvalue weighted by Gasteiger charge is -2.26. The Labute approximate surface area is 146 Å². The number of hydrogen-bond donors (Lipinski definition) is 1. The van der Waals surface area contributed by atoms with Gasteiger partial charge in [-0.2, -0.15) is 5.10 Å². The minimum absolute atomic E-state index is 0.235. The number of aromatic nitrogens is 2. The standard InChI is InChI=1S/C15H22N4O3S2/c1-18-12-14(15(17-18)13-4-2-11-23-13)24(20,21)16-5-3-6-19-7-9-22-10-8-19/h2,4,11-12,16H,3,5-10H2,1H3. The molecule has 1 saturated heterocycles. The van der Waals surface area contributed by atoms with E-state index in [1.807, 2.05) is 17.5 Å². The highest BCUT2D eigenvalue weighted by Crippen LogP contribution is 2.29. The summed E-state index contributed by atoms with van der Waals surface area (Å²) in [6, 6.07) is 3.77. The number of morpholine rings is 1. The third kappa shape index (κ3) is 4.22. The summed E-state index contributed by atoms with van der Waals surface area (Å²) < 4.78 is 34.8. The molecule has 2 aromatic rings. The molecule has 0 atom stereocenters. The van der Waals surface area contributed by atoms with E-state index in [-0.39, 0.29) is 4.90 Å². The number of thiophene rings is 1. The van der Waals surface area contributed by atoms with Gasteiger partial charge in [-0.1, -0.05) is 6.07 Å². The van der Waals surface area contributed by atoms with E-state index in [4.69, 9.17) is 4.74 Å². The van der Waals surface area contributed by atoms with Gasteiger partial charge in [0.2, 0.25) is 10.0 Å². The van der Waals surface area contributed by atoms with Crippen LogP contribution in [-0.4, -0.2) is 62.5 Å². The van der Waals surface area contributed by atoms with Crippen LogP contribution in [0.4, 0.5) is 0 Å². The maximum atomic E-state index is 12.6. The third-order valence-electron chi connectivity index (χ3n) is 3.89. The van der Waals surface area contributed by atoms with E-state index in [0.29, 0.717) is 12.2 Å². The lowest BCUT2D eigenvalue weighted by molar-refractivity contribution is 0.0376. The Morgan fingerprint density at radius 1 is 1.38 bits per heavy atom. The minimum Gasteiger partial charge on any atom is -0.379 e. The molecule has 3 heterocycles. The predicted octanol–water partition coefficient (Wildman–Crippen LogP) is 1.15. The van der Waals surface area contributed by atoms with Crippen LogP contribution in [0.2, 0.25) is 0 Å². The summed E-state index contributed by atoms with van der Waals surface area (Å²) in [4.78, 5) is 3.38. The van der Waals surface area contributed by atoms with Crippen molar-refractivity contribution in [2.24, 2.45) is 7.05 Å². The minimum atomic E-state index is -3.57. The molecule has 0 aliphatic carbocycles. The van der Waals surface area contributed by atoms with E-state index in [9.17, 15) is 8.42 Å². The first-order valence-electron chi connectivity index (χ1n) is 7.93. The zero-order valence-electron chi connectivity index (χ0n) is 13.6. The number of hydrogen-bond acceptors (Lipinski definition) is 6. The predicted molar refractivity (Wildman–Crippen MR) is 93.6 cm³/mol. The molecule has 1 aliphatic heterocycles. The van der Waals surface area contributed by atoms with Crippen LogP contribution in [0.25, 0.3) is 10.6 Å². The number of rotatable bonds is 7. The van der Waals surface area contributed by atoms with E-state index in [0.717, 1.165) is 44.1 Å². The lowest BCUT2D eigenvalue weighted by atomic mass is 10.3. The molecule has 0 saturated carbocycles. The van der Waals surface area contributed by atoms with Gasteiger partial charge in [-0.05, 0) is 24.4 Å². The summed E-state index contributed by atoms with van der Waals surface area (Å²) in [6.45, 7) is 4.63. The Kier molecular flexibility index (Phi) is 5.67. The van der Waals surface area contributed by atoms with Crippen LogP contribution in [-0.2, 0) is 21.8 Å². The summed E-state index contributed by atoms with van der Waals surface area (Å²) in [5, 5.41) is 6.22. The molecule has 1 fully saturated rings. The zero-order chi connectivity index (χ0) is 17.0. The largest absolute Gasteiger partial charge is 0.379 e. The van der Waals surface area contributed by atoms with Gasteiger partial charge in [0.05, 0.1) is 18.1 Å². The number of sulfonamides is 1. The molecule has 2 aromatic heterocycles. The van der Waals surface area contributed by atoms with Crippen LogP contribution in [0, 0.1) is 0 Å². The van der Waals surface area contributed by atoms with Crippen LogP contribution in [0.1, 0.15) is 6.42 Å². The Morgan fingerprint density at radius 2 is 2.17 bits per heavy atom. The van der Waals surface area contributed by atoms with Crippen LogP contribution < -0.4 is 4.72 Å². The number of ether oxygens (including phenoxy) is 1. The van der Waals surface area contributed by atoms with Gasteiger partial charge in [0.15, 0.2) is 0 Å². The summed E-state index contributed by atoms with van der Waals surface area (Å²) in [7, 11) is -1.84. The van der Waals surface area contributed by atoms with Crippen molar-refractivity contribution in [2.75, 3.05) is 39.4 Å². The summed E-state index contributed by atoms with van der Waals surface area (Å²) in [6.07, 6.45) is 2.33. The molecule has 0 bridgehead atoms. The zero-order valence-corrected chi connectivity index (χ0v) is 15.3. The molecule has 7 nitrogen and oxygen atoms in total. The summed E-state index contributed by atoms with van der Waals surface area (Å²) in [5.41, 5.74) is 0.508. The highest BCUT2D eigenvalue weighted by atomic mass is 32.2. The van der Waals surface area contributed by atoms with Gasteiger partial charge in [-0.15, -0.1) is 11.3 Å². The second kappa shape index (κ2) is 7.75. The monoisotopic (exact) mass is 370 g/mol.